The van der Waals surface area contributed by atoms with E-state index in [0.29, 0.717) is 5.41 Å². The van der Waals surface area contributed by atoms with Crippen LogP contribution in [0.5, 0.6) is 0 Å². The van der Waals surface area contributed by atoms with Gasteiger partial charge in [-0.05, 0) is 50.6 Å². The molecule has 2 saturated heterocycles. The Morgan fingerprint density at radius 3 is 2.75 bits per heavy atom. The summed E-state index contributed by atoms with van der Waals surface area (Å²) in [6.07, 6.45) is 3.99. The van der Waals surface area contributed by atoms with E-state index >= 15 is 0 Å². The van der Waals surface area contributed by atoms with Gasteiger partial charge in [-0.3, -0.25) is 9.80 Å². The first-order valence-electron chi connectivity index (χ1n) is 8.20. The molecule has 2 aliphatic rings. The Kier molecular flexibility index (Phi) is 5.44. The lowest BCUT2D eigenvalue weighted by Crippen LogP contribution is -2.66. The monoisotopic (exact) mass is 299 g/mol. The molecule has 0 aromatic rings. The predicted molar refractivity (Wildman–Crippen MR) is 90.4 cm³/mol. The lowest BCUT2D eigenvalue weighted by Gasteiger charge is -2.55. The van der Waals surface area contributed by atoms with E-state index in [1.54, 1.807) is 0 Å². The van der Waals surface area contributed by atoms with Crippen molar-refractivity contribution in [2.24, 2.45) is 11.1 Å². The molecular weight excluding hydrogens is 266 g/mol. The van der Waals surface area contributed by atoms with Crippen LogP contribution in [0.1, 0.15) is 40.0 Å². The highest BCUT2D eigenvalue weighted by atomic mass is 32.2. The average Bonchev–Trinajstić information content (AvgIpc) is 2.85. The molecule has 0 bridgehead atoms. The predicted octanol–water partition coefficient (Wildman–Crippen LogP) is 2.26. The van der Waals surface area contributed by atoms with Crippen LogP contribution in [0, 0.1) is 5.41 Å². The van der Waals surface area contributed by atoms with Gasteiger partial charge in [0.25, 0.3) is 0 Å². The summed E-state index contributed by atoms with van der Waals surface area (Å²) in [5, 5.41) is 0. The summed E-state index contributed by atoms with van der Waals surface area (Å²) < 4.78 is 0. The topological polar surface area (TPSA) is 32.5 Å². The van der Waals surface area contributed by atoms with E-state index in [0.717, 1.165) is 12.6 Å². The normalized spacial score (nSPS) is 34.8. The SMILES string of the molecule is CCN1CCCC1CN(C)C1(CN)CSCCC1(C)C. The molecule has 2 N–H and O–H groups in total. The Morgan fingerprint density at radius 2 is 2.15 bits per heavy atom. The number of rotatable bonds is 5. The Balaban J connectivity index is 2.10. The first kappa shape index (κ1) is 16.6. The van der Waals surface area contributed by atoms with E-state index in [4.69, 9.17) is 5.73 Å². The molecule has 118 valence electrons. The maximum Gasteiger partial charge on any atom is 0.0470 e. The largest absolute Gasteiger partial charge is 0.329 e. The molecule has 0 amide bonds. The molecule has 20 heavy (non-hydrogen) atoms. The molecule has 3 nitrogen and oxygen atoms in total. The van der Waals surface area contributed by atoms with Gasteiger partial charge in [-0.15, -0.1) is 0 Å². The van der Waals surface area contributed by atoms with Crippen molar-refractivity contribution in [2.75, 3.05) is 44.7 Å². The summed E-state index contributed by atoms with van der Waals surface area (Å²) in [7, 11) is 2.31. The minimum atomic E-state index is 0.165. The van der Waals surface area contributed by atoms with Crippen LogP contribution < -0.4 is 5.73 Å². The first-order valence-corrected chi connectivity index (χ1v) is 9.35. The highest BCUT2D eigenvalue weighted by Crippen LogP contribution is 2.45. The van der Waals surface area contributed by atoms with Crippen LogP contribution in [-0.4, -0.2) is 66.1 Å². The summed E-state index contributed by atoms with van der Waals surface area (Å²) in [5.41, 5.74) is 6.77. The minimum Gasteiger partial charge on any atom is -0.329 e. The summed E-state index contributed by atoms with van der Waals surface area (Å²) in [6, 6.07) is 0.733. The highest BCUT2D eigenvalue weighted by Gasteiger charge is 2.49. The number of nitrogens with two attached hydrogens (primary N) is 1. The summed E-state index contributed by atoms with van der Waals surface area (Å²) in [5.74, 6) is 2.47. The van der Waals surface area contributed by atoms with E-state index in [1.165, 1.54) is 50.4 Å². The third-order valence-electron chi connectivity index (χ3n) is 5.93. The van der Waals surface area contributed by atoms with Gasteiger partial charge >= 0.3 is 0 Å². The number of nitrogens with zero attached hydrogens (tertiary/aromatic N) is 2. The quantitative estimate of drug-likeness (QED) is 0.844. The zero-order chi connectivity index (χ0) is 14.8. The molecule has 2 rings (SSSR count). The van der Waals surface area contributed by atoms with Gasteiger partial charge in [0.1, 0.15) is 0 Å². The number of likely N-dealkylation sites (N-methyl/N-ethyl adjacent to an activating group) is 2. The van der Waals surface area contributed by atoms with Crippen LogP contribution in [0.3, 0.4) is 0 Å². The molecule has 0 aromatic heterocycles. The lowest BCUT2D eigenvalue weighted by molar-refractivity contribution is 0.00646. The molecule has 2 unspecified atom stereocenters. The van der Waals surface area contributed by atoms with Gasteiger partial charge in [-0.1, -0.05) is 20.8 Å². The third-order valence-corrected chi connectivity index (χ3v) is 7.10. The summed E-state index contributed by atoms with van der Waals surface area (Å²) in [4.78, 5) is 5.25. The first-order chi connectivity index (χ1) is 9.47. The molecule has 2 aliphatic heterocycles. The number of likely N-dealkylation sites (tertiary alicyclic amines) is 1. The fraction of sp³-hybridized carbons (Fsp3) is 1.00. The average molecular weight is 300 g/mol. The van der Waals surface area contributed by atoms with Gasteiger partial charge in [0.15, 0.2) is 0 Å². The second kappa shape index (κ2) is 6.55. The second-order valence-electron chi connectivity index (χ2n) is 7.23. The molecule has 2 atom stereocenters. The molecule has 0 aliphatic carbocycles. The van der Waals surface area contributed by atoms with Crippen molar-refractivity contribution in [3.63, 3.8) is 0 Å². The number of thioether (sulfide) groups is 1. The third kappa shape index (κ3) is 2.90. The standard InChI is InChI=1S/C16H33N3S/c1-5-19-9-6-7-14(19)11-18(4)16(12-17)13-20-10-8-15(16,2)3/h14H,5-13,17H2,1-4H3. The Labute approximate surface area is 129 Å². The molecule has 0 saturated carbocycles. The van der Waals surface area contributed by atoms with E-state index < -0.39 is 0 Å². The molecule has 4 heteroatoms. The molecule has 0 spiro atoms. The van der Waals surface area contributed by atoms with Crippen LogP contribution in [0.25, 0.3) is 0 Å². The summed E-state index contributed by atoms with van der Waals surface area (Å²) in [6.45, 7) is 11.6. The van der Waals surface area contributed by atoms with Gasteiger partial charge in [-0.2, -0.15) is 11.8 Å². The van der Waals surface area contributed by atoms with Gasteiger partial charge in [0.2, 0.25) is 0 Å². The molecule has 0 radical (unpaired) electrons. The van der Waals surface area contributed by atoms with Crippen molar-refractivity contribution in [3.8, 4) is 0 Å². The van der Waals surface area contributed by atoms with Crippen LogP contribution in [0.4, 0.5) is 0 Å². The van der Waals surface area contributed by atoms with Crippen LogP contribution in [0.2, 0.25) is 0 Å². The number of hydrogen-bond donors (Lipinski definition) is 1. The van der Waals surface area contributed by atoms with Crippen molar-refractivity contribution in [1.29, 1.82) is 0 Å². The van der Waals surface area contributed by atoms with E-state index in [-0.39, 0.29) is 5.54 Å². The maximum atomic E-state index is 6.29. The molecule has 2 heterocycles. The van der Waals surface area contributed by atoms with E-state index in [9.17, 15) is 0 Å². The van der Waals surface area contributed by atoms with Crippen molar-refractivity contribution >= 4 is 11.8 Å². The highest BCUT2D eigenvalue weighted by molar-refractivity contribution is 7.99. The fourth-order valence-electron chi connectivity index (χ4n) is 4.12. The molecule has 2 fully saturated rings. The fourth-order valence-corrected chi connectivity index (χ4v) is 5.99. The van der Waals surface area contributed by atoms with E-state index in [1.807, 2.05) is 0 Å². The van der Waals surface area contributed by atoms with Crippen molar-refractivity contribution in [1.82, 2.24) is 9.80 Å². The second-order valence-corrected chi connectivity index (χ2v) is 8.33. The van der Waals surface area contributed by atoms with Gasteiger partial charge in [0, 0.05) is 30.4 Å². The van der Waals surface area contributed by atoms with Crippen LogP contribution in [-0.2, 0) is 0 Å². The number of hydrogen-bond acceptors (Lipinski definition) is 4. The maximum absolute atomic E-state index is 6.29. The Bertz CT molecular complexity index is 321. The van der Waals surface area contributed by atoms with Gasteiger partial charge < -0.3 is 5.73 Å². The van der Waals surface area contributed by atoms with Crippen molar-refractivity contribution in [2.45, 2.75) is 51.6 Å². The smallest absolute Gasteiger partial charge is 0.0470 e. The molecule has 0 aromatic carbocycles. The van der Waals surface area contributed by atoms with E-state index in [2.05, 4.69) is 49.4 Å². The van der Waals surface area contributed by atoms with Crippen LogP contribution in [0.15, 0.2) is 0 Å². The van der Waals surface area contributed by atoms with Gasteiger partial charge in [-0.25, -0.2) is 0 Å². The van der Waals surface area contributed by atoms with Crippen molar-refractivity contribution in [3.05, 3.63) is 0 Å². The zero-order valence-electron chi connectivity index (χ0n) is 13.8. The lowest BCUT2D eigenvalue weighted by atomic mass is 9.69. The molecular formula is C16H33N3S. The Morgan fingerprint density at radius 1 is 1.40 bits per heavy atom. The Hall–Kier alpha value is 0.230. The minimum absolute atomic E-state index is 0.165. The summed E-state index contributed by atoms with van der Waals surface area (Å²) >= 11 is 2.09. The van der Waals surface area contributed by atoms with Crippen molar-refractivity contribution < 1.29 is 0 Å². The van der Waals surface area contributed by atoms with Crippen LogP contribution >= 0.6 is 11.8 Å². The van der Waals surface area contributed by atoms with Gasteiger partial charge in [0.05, 0.1) is 0 Å². The zero-order valence-corrected chi connectivity index (χ0v) is 14.6.